The molecule has 3 aromatic rings. The summed E-state index contributed by atoms with van der Waals surface area (Å²) in [7, 11) is 0. The second-order valence-electron chi connectivity index (χ2n) is 7.70. The smallest absolute Gasteiger partial charge is 0.231 e. The quantitative estimate of drug-likeness (QED) is 0.629. The Morgan fingerprint density at radius 2 is 1.74 bits per heavy atom. The molecule has 1 amide bonds. The molecule has 7 heteroatoms. The lowest BCUT2D eigenvalue weighted by atomic mass is 10.0. The van der Waals surface area contributed by atoms with Gasteiger partial charge in [0, 0.05) is 38.0 Å². The minimum atomic E-state index is -0.783. The molecule has 1 N–H and O–H groups in total. The molecule has 1 fully saturated rings. The molecular formula is C24H28F3N3O. The van der Waals surface area contributed by atoms with E-state index in [9.17, 15) is 18.0 Å². The number of nitrogens with one attached hydrogen (secondary N) is 1. The van der Waals surface area contributed by atoms with Crippen molar-refractivity contribution >= 4 is 16.8 Å². The van der Waals surface area contributed by atoms with Crippen LogP contribution in [0.25, 0.3) is 10.9 Å². The van der Waals surface area contributed by atoms with Crippen LogP contribution in [0.15, 0.2) is 48.5 Å². The molecule has 0 saturated carbocycles. The minimum Gasteiger partial charge on any atom is -0.352 e. The second-order valence-corrected chi connectivity index (χ2v) is 7.70. The van der Waals surface area contributed by atoms with Crippen LogP contribution in [-0.4, -0.2) is 35.0 Å². The summed E-state index contributed by atoms with van der Waals surface area (Å²) in [6, 6.07) is 13.0. The van der Waals surface area contributed by atoms with Crippen molar-refractivity contribution in [1.29, 1.82) is 0 Å². The molecule has 166 valence electrons. The maximum absolute atomic E-state index is 14.5. The molecule has 1 aliphatic heterocycles. The van der Waals surface area contributed by atoms with Crippen LogP contribution in [-0.2, 0) is 11.3 Å². The number of aromatic nitrogens is 1. The van der Waals surface area contributed by atoms with E-state index in [0.29, 0.717) is 17.4 Å². The fraction of sp³-hybridized carbons (Fsp3) is 0.375. The van der Waals surface area contributed by atoms with Crippen molar-refractivity contribution in [3.8, 4) is 0 Å². The molecule has 4 rings (SSSR count). The third kappa shape index (κ3) is 5.67. The van der Waals surface area contributed by atoms with Gasteiger partial charge in [0.1, 0.15) is 5.82 Å². The van der Waals surface area contributed by atoms with Gasteiger partial charge in [0.2, 0.25) is 11.9 Å². The van der Waals surface area contributed by atoms with E-state index >= 15 is 0 Å². The lowest BCUT2D eigenvalue weighted by Crippen LogP contribution is -2.34. The van der Waals surface area contributed by atoms with Crippen LogP contribution >= 0.6 is 0 Å². The first-order chi connectivity index (χ1) is 14.9. The van der Waals surface area contributed by atoms with Crippen molar-refractivity contribution in [2.45, 2.75) is 39.3 Å². The fourth-order valence-corrected chi connectivity index (χ4v) is 3.89. The largest absolute Gasteiger partial charge is 0.352 e. The molecular weight excluding hydrogens is 403 g/mol. The van der Waals surface area contributed by atoms with E-state index in [1.165, 1.54) is 23.6 Å². The monoisotopic (exact) mass is 431 g/mol. The average molecular weight is 432 g/mol. The van der Waals surface area contributed by atoms with Gasteiger partial charge in [0.15, 0.2) is 5.82 Å². The highest BCUT2D eigenvalue weighted by atomic mass is 19.2. The molecule has 0 bridgehead atoms. The fourth-order valence-electron chi connectivity index (χ4n) is 3.89. The normalized spacial score (nSPS) is 14.9. The number of hydrogen-bond acceptors (Lipinski definition) is 2. The van der Waals surface area contributed by atoms with E-state index < -0.39 is 11.8 Å². The highest BCUT2D eigenvalue weighted by Gasteiger charge is 2.26. The van der Waals surface area contributed by atoms with Crippen molar-refractivity contribution in [1.82, 2.24) is 14.8 Å². The van der Waals surface area contributed by atoms with Gasteiger partial charge in [-0.05, 0) is 49.2 Å². The number of fused-ring (bicyclic) bond motifs is 1. The van der Waals surface area contributed by atoms with Gasteiger partial charge in [-0.3, -0.25) is 4.79 Å². The van der Waals surface area contributed by atoms with Gasteiger partial charge in [-0.2, -0.15) is 4.39 Å². The minimum absolute atomic E-state index is 0.0317. The van der Waals surface area contributed by atoms with E-state index in [1.54, 1.807) is 36.4 Å². The van der Waals surface area contributed by atoms with E-state index in [-0.39, 0.29) is 17.8 Å². The summed E-state index contributed by atoms with van der Waals surface area (Å²) in [4.78, 5) is 13.4. The van der Waals surface area contributed by atoms with E-state index in [4.69, 9.17) is 0 Å². The number of nitrogens with zero attached hydrogens (tertiary/aromatic N) is 2. The zero-order valence-electron chi connectivity index (χ0n) is 17.9. The molecule has 2 aromatic carbocycles. The van der Waals surface area contributed by atoms with Gasteiger partial charge in [-0.1, -0.05) is 31.2 Å². The zero-order valence-corrected chi connectivity index (χ0v) is 17.9. The number of benzene rings is 2. The predicted molar refractivity (Wildman–Crippen MR) is 116 cm³/mol. The van der Waals surface area contributed by atoms with E-state index in [0.717, 1.165) is 38.0 Å². The molecule has 1 aliphatic rings. The number of hydrogen-bond donors (Lipinski definition) is 1. The maximum Gasteiger partial charge on any atom is 0.231 e. The Morgan fingerprint density at radius 3 is 2.29 bits per heavy atom. The summed E-state index contributed by atoms with van der Waals surface area (Å²) in [5.41, 5.74) is 1.41. The van der Waals surface area contributed by atoms with Crippen LogP contribution in [0.4, 0.5) is 13.2 Å². The lowest BCUT2D eigenvalue weighted by Gasteiger charge is -2.32. The van der Waals surface area contributed by atoms with Gasteiger partial charge in [0.05, 0.1) is 5.52 Å². The summed E-state index contributed by atoms with van der Waals surface area (Å²) in [5, 5.41) is 3.02. The molecule has 0 aliphatic carbocycles. The van der Waals surface area contributed by atoms with Crippen LogP contribution in [0.2, 0.25) is 0 Å². The number of amides is 1. The number of rotatable bonds is 4. The highest BCUT2D eigenvalue weighted by Crippen LogP contribution is 2.32. The standard InChI is InChI=1S/C18H23F2N3O.C6H5F/c1-3-22-8-6-14(7-9-22)23-16-10-13(11-21-12(2)24)4-5-15(16)17(19)18(23)20;7-6-4-2-1-3-5-6/h4-5,10,14H,3,6-9,11H2,1-2H3,(H,21,24);1-5H. The van der Waals surface area contributed by atoms with Crippen molar-refractivity contribution < 1.29 is 18.0 Å². The zero-order chi connectivity index (χ0) is 22.4. The maximum atomic E-state index is 14.5. The number of halogens is 3. The van der Waals surface area contributed by atoms with Crippen LogP contribution < -0.4 is 5.32 Å². The Kier molecular flexibility index (Phi) is 7.74. The molecule has 0 atom stereocenters. The van der Waals surface area contributed by atoms with Crippen molar-refractivity contribution in [3.05, 3.63) is 71.7 Å². The van der Waals surface area contributed by atoms with E-state index in [1.807, 2.05) is 0 Å². The SMILES string of the molecule is CCN1CCC(n2c(F)c(F)c3ccc(CNC(C)=O)cc32)CC1.Fc1ccccc1. The van der Waals surface area contributed by atoms with Gasteiger partial charge in [-0.25, -0.2) is 8.78 Å². The predicted octanol–water partition coefficient (Wildman–Crippen LogP) is 5.04. The molecule has 1 aromatic heterocycles. The summed E-state index contributed by atoms with van der Waals surface area (Å²) in [6.45, 7) is 6.69. The molecule has 0 unspecified atom stereocenters. The number of likely N-dealkylation sites (tertiary alicyclic amines) is 1. The molecule has 0 radical (unpaired) electrons. The average Bonchev–Trinajstić information content (AvgIpc) is 3.03. The number of carbonyl (C=O) groups is 1. The van der Waals surface area contributed by atoms with Gasteiger partial charge in [-0.15, -0.1) is 0 Å². The molecule has 4 nitrogen and oxygen atoms in total. The van der Waals surface area contributed by atoms with Gasteiger partial charge in [0.25, 0.3) is 0 Å². The lowest BCUT2D eigenvalue weighted by molar-refractivity contribution is -0.119. The van der Waals surface area contributed by atoms with Crippen LogP contribution in [0.1, 0.15) is 38.3 Å². The van der Waals surface area contributed by atoms with Gasteiger partial charge < -0.3 is 14.8 Å². The van der Waals surface area contributed by atoms with Crippen LogP contribution in [0, 0.1) is 17.6 Å². The highest BCUT2D eigenvalue weighted by molar-refractivity contribution is 5.82. The summed E-state index contributed by atoms with van der Waals surface area (Å²) >= 11 is 0. The van der Waals surface area contributed by atoms with E-state index in [2.05, 4.69) is 17.1 Å². The van der Waals surface area contributed by atoms with Crippen molar-refractivity contribution in [2.75, 3.05) is 19.6 Å². The molecule has 31 heavy (non-hydrogen) atoms. The molecule has 2 heterocycles. The third-order valence-corrected chi connectivity index (χ3v) is 5.59. The Hall–Kier alpha value is -2.80. The van der Waals surface area contributed by atoms with Crippen LogP contribution in [0.5, 0.6) is 0 Å². The first-order valence-corrected chi connectivity index (χ1v) is 10.6. The second kappa shape index (κ2) is 10.5. The van der Waals surface area contributed by atoms with Gasteiger partial charge >= 0.3 is 0 Å². The first kappa shape index (κ1) is 22.9. The number of carbonyl (C=O) groups excluding carboxylic acids is 1. The molecule has 0 spiro atoms. The Bertz CT molecular complexity index is 1010. The summed E-state index contributed by atoms with van der Waals surface area (Å²) in [5.74, 6) is -1.87. The summed E-state index contributed by atoms with van der Waals surface area (Å²) < 4.78 is 42.2. The van der Waals surface area contributed by atoms with Crippen molar-refractivity contribution in [3.63, 3.8) is 0 Å². The Balaban J connectivity index is 0.000000330. The number of piperidine rings is 1. The third-order valence-electron chi connectivity index (χ3n) is 5.59. The first-order valence-electron chi connectivity index (χ1n) is 10.6. The topological polar surface area (TPSA) is 37.3 Å². The molecule has 1 saturated heterocycles. The summed E-state index contributed by atoms with van der Waals surface area (Å²) in [6.07, 6.45) is 1.62. The van der Waals surface area contributed by atoms with Crippen LogP contribution in [0.3, 0.4) is 0 Å². The van der Waals surface area contributed by atoms with Crippen molar-refractivity contribution in [2.24, 2.45) is 0 Å². The Labute approximate surface area is 180 Å². The Morgan fingerprint density at radius 1 is 1.06 bits per heavy atom.